The Hall–Kier alpha value is -2.34. The molecule has 0 radical (unpaired) electrons. The van der Waals surface area contributed by atoms with Crippen LogP contribution in [-0.4, -0.2) is 54.0 Å². The van der Waals surface area contributed by atoms with Gasteiger partial charge in [-0.2, -0.15) is 0 Å². The fourth-order valence-electron chi connectivity index (χ4n) is 3.51. The molecule has 1 aromatic carbocycles. The minimum absolute atomic E-state index is 0.0392. The van der Waals surface area contributed by atoms with Crippen molar-refractivity contribution in [3.63, 3.8) is 0 Å². The fourth-order valence-corrected chi connectivity index (χ4v) is 3.51. The third kappa shape index (κ3) is 4.20. The first-order chi connectivity index (χ1) is 12.1. The van der Waals surface area contributed by atoms with Crippen LogP contribution in [0.5, 0.6) is 0 Å². The minimum Gasteiger partial charge on any atom is -0.358 e. The van der Waals surface area contributed by atoms with E-state index in [0.29, 0.717) is 13.1 Å². The van der Waals surface area contributed by atoms with Crippen LogP contribution >= 0.6 is 0 Å². The zero-order valence-corrected chi connectivity index (χ0v) is 14.9. The molecule has 0 spiro atoms. The van der Waals surface area contributed by atoms with Gasteiger partial charge < -0.3 is 15.2 Å². The summed E-state index contributed by atoms with van der Waals surface area (Å²) in [5.41, 5.74) is 2.28. The second-order valence-electron chi connectivity index (χ2n) is 6.75. The number of piperidine rings is 1. The number of aryl methyl sites for hydroxylation is 1. The standard InChI is InChI=1S/C19H26N4O2/c1-14-11-23(17-6-4-3-5-16(14)17)13-19(25)21-15-7-9-22(10-8-15)12-18(24)20-2/h3-6,11,15H,7-10,12-13H2,1-2H3,(H,20,24)(H,21,25). The number of nitrogens with zero attached hydrogens (tertiary/aromatic N) is 2. The number of likely N-dealkylation sites (N-methyl/N-ethyl adjacent to an activating group) is 1. The number of carbonyl (C=O) groups excluding carboxylic acids is 2. The van der Waals surface area contributed by atoms with Crippen molar-refractivity contribution < 1.29 is 9.59 Å². The summed E-state index contributed by atoms with van der Waals surface area (Å²) in [5, 5.41) is 6.98. The lowest BCUT2D eigenvalue weighted by molar-refractivity contribution is -0.124. The van der Waals surface area contributed by atoms with Crippen LogP contribution in [0.3, 0.4) is 0 Å². The minimum atomic E-state index is 0.0392. The molecule has 1 aliphatic rings. The van der Waals surface area contributed by atoms with E-state index < -0.39 is 0 Å². The molecule has 0 atom stereocenters. The number of carbonyl (C=O) groups is 2. The highest BCUT2D eigenvalue weighted by Crippen LogP contribution is 2.20. The zero-order chi connectivity index (χ0) is 17.8. The summed E-state index contributed by atoms with van der Waals surface area (Å²) < 4.78 is 2.01. The SMILES string of the molecule is CNC(=O)CN1CCC(NC(=O)Cn2cc(C)c3ccccc32)CC1. The van der Waals surface area contributed by atoms with E-state index in [1.165, 1.54) is 10.9 Å². The maximum Gasteiger partial charge on any atom is 0.240 e. The monoisotopic (exact) mass is 342 g/mol. The molecule has 2 heterocycles. The van der Waals surface area contributed by atoms with Crippen LogP contribution in [-0.2, 0) is 16.1 Å². The molecule has 1 fully saturated rings. The van der Waals surface area contributed by atoms with Crippen LogP contribution in [0.15, 0.2) is 30.5 Å². The summed E-state index contributed by atoms with van der Waals surface area (Å²) >= 11 is 0. The first-order valence-electron chi connectivity index (χ1n) is 8.83. The Bertz CT molecular complexity index is 760. The second-order valence-corrected chi connectivity index (χ2v) is 6.75. The van der Waals surface area contributed by atoms with Crippen molar-refractivity contribution in [2.75, 3.05) is 26.7 Å². The van der Waals surface area contributed by atoms with Gasteiger partial charge >= 0.3 is 0 Å². The van der Waals surface area contributed by atoms with Gasteiger partial charge in [0.05, 0.1) is 6.54 Å². The lowest BCUT2D eigenvalue weighted by Gasteiger charge is -2.31. The molecule has 1 aromatic heterocycles. The first kappa shape index (κ1) is 17.5. The van der Waals surface area contributed by atoms with E-state index in [2.05, 4.69) is 28.5 Å². The Labute approximate surface area is 148 Å². The van der Waals surface area contributed by atoms with Gasteiger partial charge in [0.15, 0.2) is 0 Å². The maximum atomic E-state index is 12.4. The van der Waals surface area contributed by atoms with Crippen LogP contribution in [0.4, 0.5) is 0 Å². The highest BCUT2D eigenvalue weighted by Gasteiger charge is 2.22. The van der Waals surface area contributed by atoms with Crippen LogP contribution in [0, 0.1) is 6.92 Å². The van der Waals surface area contributed by atoms with E-state index in [1.54, 1.807) is 7.05 Å². The molecule has 2 N–H and O–H groups in total. The molecular weight excluding hydrogens is 316 g/mol. The van der Waals surface area contributed by atoms with Crippen molar-refractivity contribution in [3.05, 3.63) is 36.0 Å². The molecule has 1 saturated heterocycles. The van der Waals surface area contributed by atoms with E-state index in [0.717, 1.165) is 31.4 Å². The number of fused-ring (bicyclic) bond motifs is 1. The first-order valence-corrected chi connectivity index (χ1v) is 8.83. The number of likely N-dealkylation sites (tertiary alicyclic amines) is 1. The molecule has 2 aromatic rings. The van der Waals surface area contributed by atoms with E-state index in [9.17, 15) is 9.59 Å². The predicted molar refractivity (Wildman–Crippen MR) is 98.3 cm³/mol. The van der Waals surface area contributed by atoms with Crippen LogP contribution in [0.2, 0.25) is 0 Å². The largest absolute Gasteiger partial charge is 0.358 e. The molecule has 134 valence electrons. The average molecular weight is 342 g/mol. The number of hydrogen-bond donors (Lipinski definition) is 2. The Morgan fingerprint density at radius 3 is 2.56 bits per heavy atom. The molecule has 0 bridgehead atoms. The highest BCUT2D eigenvalue weighted by molar-refractivity contribution is 5.86. The van der Waals surface area contributed by atoms with Crippen LogP contribution < -0.4 is 10.6 Å². The predicted octanol–water partition coefficient (Wildman–Crippen LogP) is 1.28. The van der Waals surface area contributed by atoms with E-state index in [4.69, 9.17) is 0 Å². The van der Waals surface area contributed by atoms with Crippen LogP contribution in [0.25, 0.3) is 10.9 Å². The smallest absolute Gasteiger partial charge is 0.240 e. The van der Waals surface area contributed by atoms with Crippen LogP contribution in [0.1, 0.15) is 18.4 Å². The van der Waals surface area contributed by atoms with Gasteiger partial charge in [0.1, 0.15) is 6.54 Å². The summed E-state index contributed by atoms with van der Waals surface area (Å²) in [4.78, 5) is 26.0. The van der Waals surface area contributed by atoms with Gasteiger partial charge in [0.2, 0.25) is 11.8 Å². The summed E-state index contributed by atoms with van der Waals surface area (Å²) in [7, 11) is 1.65. The summed E-state index contributed by atoms with van der Waals surface area (Å²) in [5.74, 6) is 0.0860. The normalized spacial score (nSPS) is 16.1. The van der Waals surface area contributed by atoms with Gasteiger partial charge in [0, 0.05) is 43.3 Å². The van der Waals surface area contributed by atoms with Gasteiger partial charge in [-0.1, -0.05) is 18.2 Å². The molecule has 2 amide bonds. The van der Waals surface area contributed by atoms with Crippen molar-refractivity contribution in [1.29, 1.82) is 0 Å². The van der Waals surface area contributed by atoms with Crippen molar-refractivity contribution in [1.82, 2.24) is 20.1 Å². The highest BCUT2D eigenvalue weighted by atomic mass is 16.2. The third-order valence-electron chi connectivity index (χ3n) is 4.90. The quantitative estimate of drug-likeness (QED) is 0.860. The molecular formula is C19H26N4O2. The van der Waals surface area contributed by atoms with Crippen molar-refractivity contribution in [2.45, 2.75) is 32.4 Å². The number of nitrogens with one attached hydrogen (secondary N) is 2. The Balaban J connectivity index is 1.52. The average Bonchev–Trinajstić information content (AvgIpc) is 2.92. The maximum absolute atomic E-state index is 12.4. The van der Waals surface area contributed by atoms with Gasteiger partial charge in [-0.25, -0.2) is 0 Å². The van der Waals surface area contributed by atoms with Crippen molar-refractivity contribution in [3.8, 4) is 0 Å². The van der Waals surface area contributed by atoms with Crippen molar-refractivity contribution in [2.24, 2.45) is 0 Å². The zero-order valence-electron chi connectivity index (χ0n) is 14.9. The number of hydrogen-bond acceptors (Lipinski definition) is 3. The van der Waals surface area contributed by atoms with Gasteiger partial charge in [-0.3, -0.25) is 14.5 Å². The molecule has 1 aliphatic heterocycles. The molecule has 25 heavy (non-hydrogen) atoms. The number of aromatic nitrogens is 1. The molecule has 0 saturated carbocycles. The molecule has 0 aliphatic carbocycles. The molecule has 6 heteroatoms. The fraction of sp³-hybridized carbons (Fsp3) is 0.474. The number of rotatable bonds is 5. The van der Waals surface area contributed by atoms with Crippen molar-refractivity contribution >= 4 is 22.7 Å². The lowest BCUT2D eigenvalue weighted by Crippen LogP contribution is -2.47. The lowest BCUT2D eigenvalue weighted by atomic mass is 10.1. The number of benzene rings is 1. The Kier molecular flexibility index (Phi) is 5.38. The topological polar surface area (TPSA) is 66.4 Å². The summed E-state index contributed by atoms with van der Waals surface area (Å²) in [6.45, 7) is 4.52. The number of amides is 2. The van der Waals surface area contributed by atoms with Gasteiger partial charge in [-0.05, 0) is 31.4 Å². The number of para-hydroxylation sites is 1. The second kappa shape index (κ2) is 7.70. The molecule has 6 nitrogen and oxygen atoms in total. The van der Waals surface area contributed by atoms with E-state index >= 15 is 0 Å². The summed E-state index contributed by atoms with van der Waals surface area (Å²) in [6, 6.07) is 8.34. The third-order valence-corrected chi connectivity index (χ3v) is 4.90. The van der Waals surface area contributed by atoms with Gasteiger partial charge in [0.25, 0.3) is 0 Å². The molecule has 0 unspecified atom stereocenters. The molecule has 3 rings (SSSR count). The van der Waals surface area contributed by atoms with E-state index in [-0.39, 0.29) is 17.9 Å². The Morgan fingerprint density at radius 2 is 1.84 bits per heavy atom. The summed E-state index contributed by atoms with van der Waals surface area (Å²) in [6.07, 6.45) is 3.80. The van der Waals surface area contributed by atoms with Gasteiger partial charge in [-0.15, -0.1) is 0 Å². The Morgan fingerprint density at radius 1 is 1.12 bits per heavy atom. The van der Waals surface area contributed by atoms with E-state index in [1.807, 2.05) is 29.0 Å².